The summed E-state index contributed by atoms with van der Waals surface area (Å²) in [5, 5.41) is 11.8. The van der Waals surface area contributed by atoms with E-state index in [9.17, 15) is 24.3 Å². The maximum Gasteiger partial charge on any atom is 0.303 e. The zero-order valence-electron chi connectivity index (χ0n) is 18.6. The Morgan fingerprint density at radius 2 is 1.91 bits per heavy atom. The molecule has 3 fully saturated rings. The Labute approximate surface area is 197 Å². The zero-order valence-corrected chi connectivity index (χ0v) is 20.1. The average molecular weight is 483 g/mol. The first-order chi connectivity index (χ1) is 14.7. The van der Waals surface area contributed by atoms with Crippen molar-refractivity contribution in [1.29, 1.82) is 0 Å². The van der Waals surface area contributed by atoms with Gasteiger partial charge in [0.1, 0.15) is 9.93 Å². The molecule has 0 saturated heterocycles. The molecule has 0 spiro atoms. The minimum atomic E-state index is -1.80. The molecule has 1 unspecified atom stereocenters. The molecule has 174 valence electrons. The molecule has 0 heterocycles. The summed E-state index contributed by atoms with van der Waals surface area (Å²) in [5.41, 5.74) is -3.20. The van der Waals surface area contributed by atoms with Crippen molar-refractivity contribution >= 4 is 46.5 Å². The van der Waals surface area contributed by atoms with Crippen LogP contribution in [-0.2, 0) is 23.9 Å². The molecule has 0 radical (unpaired) electrons. The quantitative estimate of drug-likeness (QED) is 0.489. The van der Waals surface area contributed by atoms with Crippen LogP contribution < -0.4 is 0 Å². The number of rotatable bonds is 3. The number of ketones is 3. The molecular weight excluding hydrogens is 455 g/mol. The highest BCUT2D eigenvalue weighted by atomic mass is 35.5. The number of esters is 1. The van der Waals surface area contributed by atoms with Gasteiger partial charge in [0.15, 0.2) is 18.2 Å². The first-order valence-electron chi connectivity index (χ1n) is 10.9. The van der Waals surface area contributed by atoms with E-state index in [2.05, 4.69) is 0 Å². The Kier molecular flexibility index (Phi) is 5.36. The number of allylic oxidation sites excluding steroid dienone is 4. The lowest BCUT2D eigenvalue weighted by atomic mass is 9.46. The molecule has 6 nitrogen and oxygen atoms in total. The molecule has 0 aromatic rings. The number of hydrogen-bond acceptors (Lipinski definition) is 6. The van der Waals surface area contributed by atoms with Gasteiger partial charge in [-0.25, -0.2) is 0 Å². The van der Waals surface area contributed by atoms with Gasteiger partial charge in [0.25, 0.3) is 0 Å². The average Bonchev–Trinajstić information content (AvgIpc) is 2.87. The third-order valence-corrected chi connectivity index (χ3v) is 9.41. The fourth-order valence-corrected chi connectivity index (χ4v) is 8.73. The van der Waals surface area contributed by atoms with E-state index in [4.69, 9.17) is 27.9 Å². The molecule has 7 atom stereocenters. The predicted molar refractivity (Wildman–Crippen MR) is 118 cm³/mol. The van der Waals surface area contributed by atoms with Crippen molar-refractivity contribution in [2.75, 3.05) is 6.61 Å². The van der Waals surface area contributed by atoms with E-state index in [0.29, 0.717) is 12.0 Å². The van der Waals surface area contributed by atoms with Crippen molar-refractivity contribution in [3.05, 3.63) is 23.8 Å². The molecular formula is C24H28Cl2O6. The molecule has 4 rings (SSSR count). The molecule has 3 saturated carbocycles. The van der Waals surface area contributed by atoms with Crippen molar-refractivity contribution in [3.8, 4) is 0 Å². The largest absolute Gasteiger partial charge is 0.458 e. The molecule has 4 aliphatic rings. The number of carbonyl (C=O) groups is 4. The van der Waals surface area contributed by atoms with Crippen molar-refractivity contribution in [2.24, 2.45) is 34.5 Å². The smallest absolute Gasteiger partial charge is 0.303 e. The molecule has 0 aromatic heterocycles. The van der Waals surface area contributed by atoms with Crippen LogP contribution in [0.15, 0.2) is 23.8 Å². The van der Waals surface area contributed by atoms with Crippen LogP contribution in [-0.4, -0.2) is 45.0 Å². The van der Waals surface area contributed by atoms with Gasteiger partial charge in [0.05, 0.1) is 0 Å². The van der Waals surface area contributed by atoms with Crippen molar-refractivity contribution in [3.63, 3.8) is 0 Å². The van der Waals surface area contributed by atoms with Gasteiger partial charge in [0, 0.05) is 35.7 Å². The van der Waals surface area contributed by atoms with E-state index in [0.717, 1.165) is 0 Å². The number of carbonyl (C=O) groups excluding carboxylic acids is 4. The van der Waals surface area contributed by atoms with E-state index >= 15 is 0 Å². The summed E-state index contributed by atoms with van der Waals surface area (Å²) in [6, 6.07) is 0. The summed E-state index contributed by atoms with van der Waals surface area (Å²) in [7, 11) is 0. The third-order valence-electron chi connectivity index (χ3n) is 8.67. The highest BCUT2D eigenvalue weighted by Gasteiger charge is 2.74. The summed E-state index contributed by atoms with van der Waals surface area (Å²) in [6.45, 7) is 6.16. The highest BCUT2D eigenvalue weighted by molar-refractivity contribution is 6.49. The lowest BCUT2D eigenvalue weighted by molar-refractivity contribution is -0.174. The Morgan fingerprint density at radius 3 is 2.53 bits per heavy atom. The first kappa shape index (κ1) is 23.7. The van der Waals surface area contributed by atoms with Gasteiger partial charge >= 0.3 is 5.97 Å². The minimum Gasteiger partial charge on any atom is -0.458 e. The van der Waals surface area contributed by atoms with E-state index in [1.165, 1.54) is 19.1 Å². The van der Waals surface area contributed by atoms with E-state index < -0.39 is 45.0 Å². The number of ether oxygens (including phenoxy) is 1. The Hall–Kier alpha value is -1.50. The molecule has 0 aliphatic heterocycles. The monoisotopic (exact) mass is 482 g/mol. The topological polar surface area (TPSA) is 97.7 Å². The second-order valence-electron chi connectivity index (χ2n) is 10.4. The fraction of sp³-hybridized carbons (Fsp3) is 0.667. The predicted octanol–water partition coefficient (Wildman–Crippen LogP) is 3.37. The van der Waals surface area contributed by atoms with Crippen LogP contribution in [0.3, 0.4) is 0 Å². The first-order valence-corrected chi connectivity index (χ1v) is 11.7. The maximum absolute atomic E-state index is 13.2. The second kappa shape index (κ2) is 7.25. The maximum atomic E-state index is 13.2. The fourth-order valence-electron chi connectivity index (χ4n) is 7.40. The van der Waals surface area contributed by atoms with Crippen LogP contribution in [0.5, 0.6) is 0 Å². The van der Waals surface area contributed by atoms with Crippen LogP contribution >= 0.6 is 23.2 Å². The Bertz CT molecular complexity index is 983. The number of hydrogen-bond donors (Lipinski definition) is 1. The van der Waals surface area contributed by atoms with Crippen LogP contribution in [0.2, 0.25) is 0 Å². The van der Waals surface area contributed by atoms with E-state index in [-0.39, 0.29) is 42.2 Å². The third kappa shape index (κ3) is 3.02. The Morgan fingerprint density at radius 1 is 1.25 bits per heavy atom. The summed E-state index contributed by atoms with van der Waals surface area (Å²) in [6.07, 6.45) is 5.35. The number of halogens is 2. The molecule has 0 amide bonds. The summed E-state index contributed by atoms with van der Waals surface area (Å²) >= 11 is 14.0. The summed E-state index contributed by atoms with van der Waals surface area (Å²) in [5.74, 6) is -2.85. The lowest BCUT2D eigenvalue weighted by Gasteiger charge is -2.61. The Balaban J connectivity index is 1.80. The van der Waals surface area contributed by atoms with Crippen LogP contribution in [0.25, 0.3) is 0 Å². The zero-order chi connectivity index (χ0) is 23.9. The van der Waals surface area contributed by atoms with Gasteiger partial charge in [0.2, 0.25) is 5.78 Å². The van der Waals surface area contributed by atoms with Gasteiger partial charge in [-0.2, -0.15) is 0 Å². The van der Waals surface area contributed by atoms with Gasteiger partial charge in [-0.05, 0) is 42.7 Å². The van der Waals surface area contributed by atoms with Crippen molar-refractivity contribution < 1.29 is 29.0 Å². The summed E-state index contributed by atoms with van der Waals surface area (Å²) in [4.78, 5) is 49.6. The molecule has 0 bridgehead atoms. The standard InChI is InChI=1S/C24H28Cl2O6/c1-12-7-16-15-9-18(29)17-8-14(28)5-6-21(17,3)20(15)23(25,26)11-22(16,4)24(12,31)19(30)10-32-13(2)27/h5-6,8,12,15-16,20,31H,7,9-11H2,1-4H3/t12?,15-,16-,20-,21-,22-,24-/m0/s1. The van der Waals surface area contributed by atoms with Gasteiger partial charge in [-0.3, -0.25) is 19.2 Å². The van der Waals surface area contributed by atoms with Crippen LogP contribution in [0.1, 0.15) is 47.0 Å². The van der Waals surface area contributed by atoms with E-state index in [1.807, 2.05) is 6.92 Å². The normalized spacial score (nSPS) is 44.3. The number of alkyl halides is 2. The van der Waals surface area contributed by atoms with Crippen molar-refractivity contribution in [1.82, 2.24) is 0 Å². The molecule has 4 aliphatic carbocycles. The van der Waals surface area contributed by atoms with E-state index in [1.54, 1.807) is 19.9 Å². The minimum absolute atomic E-state index is 0.125. The van der Waals surface area contributed by atoms with Crippen LogP contribution in [0, 0.1) is 34.5 Å². The lowest BCUT2D eigenvalue weighted by Crippen LogP contribution is -2.65. The number of Topliss-reactive ketones (excluding diaryl/α,β-unsaturated/α-hetero) is 2. The summed E-state index contributed by atoms with van der Waals surface area (Å²) < 4.78 is 3.54. The van der Waals surface area contributed by atoms with Crippen molar-refractivity contribution in [2.45, 2.75) is 56.9 Å². The molecule has 1 N–H and O–H groups in total. The second-order valence-corrected chi connectivity index (χ2v) is 12.0. The molecule has 8 heteroatoms. The highest BCUT2D eigenvalue weighted by Crippen LogP contribution is 2.72. The van der Waals surface area contributed by atoms with Gasteiger partial charge in [-0.1, -0.05) is 26.8 Å². The molecule has 0 aromatic carbocycles. The number of aliphatic hydroxyl groups is 1. The number of fused-ring (bicyclic) bond motifs is 5. The van der Waals surface area contributed by atoms with Gasteiger partial charge in [-0.15, -0.1) is 23.2 Å². The SMILES string of the molecule is CC(=O)OCC(=O)[C@@]1(O)C(C)C[C@H]2[C@@H]3CC(=O)C4=CC(=O)C=C[C@]4(C)[C@H]3C(Cl)(Cl)C[C@@]21C. The molecule has 32 heavy (non-hydrogen) atoms. The van der Waals surface area contributed by atoms with Crippen LogP contribution in [0.4, 0.5) is 0 Å². The van der Waals surface area contributed by atoms with Gasteiger partial charge < -0.3 is 9.84 Å².